The van der Waals surface area contributed by atoms with Crippen molar-refractivity contribution in [1.82, 2.24) is 10.6 Å². The van der Waals surface area contributed by atoms with Crippen LogP contribution < -0.4 is 15.4 Å². The van der Waals surface area contributed by atoms with Gasteiger partial charge >= 0.3 is 11.9 Å². The first-order valence-electron chi connectivity index (χ1n) is 16.0. The fourth-order valence-corrected chi connectivity index (χ4v) is 5.75. The molecule has 4 rings (SSSR count). The molecular formula is C36H45ClN2O8. The van der Waals surface area contributed by atoms with Gasteiger partial charge in [0.15, 0.2) is 6.10 Å². The van der Waals surface area contributed by atoms with Gasteiger partial charge in [-0.25, -0.2) is 4.79 Å². The first-order chi connectivity index (χ1) is 22.3. The summed E-state index contributed by atoms with van der Waals surface area (Å²) in [6, 6.07) is 13.9. The van der Waals surface area contributed by atoms with E-state index in [2.05, 4.69) is 10.6 Å². The zero-order chi connectivity index (χ0) is 34.3. The van der Waals surface area contributed by atoms with E-state index in [1.54, 1.807) is 38.1 Å². The van der Waals surface area contributed by atoms with Crippen molar-refractivity contribution in [3.05, 3.63) is 76.8 Å². The summed E-state index contributed by atoms with van der Waals surface area (Å²) in [5.41, 5.74) is 0.524. The molecule has 0 aliphatic carbocycles. The molecule has 2 N–H and O–H groups in total. The molecule has 2 amide bonds. The van der Waals surface area contributed by atoms with Gasteiger partial charge in [0.2, 0.25) is 11.8 Å². The number of benzene rings is 2. The molecule has 47 heavy (non-hydrogen) atoms. The minimum absolute atomic E-state index is 0.0228. The van der Waals surface area contributed by atoms with Gasteiger partial charge < -0.3 is 29.6 Å². The van der Waals surface area contributed by atoms with Crippen LogP contribution in [0.5, 0.6) is 5.75 Å². The molecular weight excluding hydrogens is 624 g/mol. The quantitative estimate of drug-likeness (QED) is 0.293. The van der Waals surface area contributed by atoms with Crippen LogP contribution in [0.2, 0.25) is 5.02 Å². The Kier molecular flexibility index (Phi) is 12.1. The first-order valence-corrected chi connectivity index (χ1v) is 16.4. The number of nitrogens with one attached hydrogen (secondary N) is 2. The lowest BCUT2D eigenvalue weighted by atomic mass is 9.92. The van der Waals surface area contributed by atoms with Gasteiger partial charge in [-0.15, -0.1) is 0 Å². The zero-order valence-electron chi connectivity index (χ0n) is 27.8. The largest absolute Gasteiger partial charge is 0.495 e. The Morgan fingerprint density at radius 3 is 2.40 bits per heavy atom. The van der Waals surface area contributed by atoms with Gasteiger partial charge in [-0.05, 0) is 55.5 Å². The van der Waals surface area contributed by atoms with Crippen molar-refractivity contribution in [3.8, 4) is 5.75 Å². The molecule has 0 saturated carbocycles. The fourth-order valence-electron chi connectivity index (χ4n) is 5.46. The molecule has 11 heteroatoms. The second-order valence-electron chi connectivity index (χ2n) is 13.3. The molecule has 2 aromatic rings. The summed E-state index contributed by atoms with van der Waals surface area (Å²) in [4.78, 5) is 53.6. The lowest BCUT2D eigenvalue weighted by Gasteiger charge is -2.29. The molecule has 2 aliphatic rings. The SMILES string of the molecule is COc1ccc(C[C@@H]2NC(=O)/C=C/C[C@@H]([C@H](C)[C@H]3O[C@H]3c3ccccc3)OC(=O)[C@H](CC(C)C)OC(=O)C(C)(C)CNC2=O)cc1Cl. The molecule has 2 aromatic carbocycles. The summed E-state index contributed by atoms with van der Waals surface area (Å²) >= 11 is 6.32. The highest BCUT2D eigenvalue weighted by molar-refractivity contribution is 6.32. The fraction of sp³-hybridized carbons (Fsp3) is 0.500. The number of methoxy groups -OCH3 is 1. The monoisotopic (exact) mass is 668 g/mol. The van der Waals surface area contributed by atoms with Crippen LogP contribution in [0.4, 0.5) is 0 Å². The van der Waals surface area contributed by atoms with E-state index in [0.717, 1.165) is 5.56 Å². The van der Waals surface area contributed by atoms with Crippen LogP contribution in [0.3, 0.4) is 0 Å². The number of carbonyl (C=O) groups is 4. The Morgan fingerprint density at radius 1 is 1.02 bits per heavy atom. The Bertz CT molecular complexity index is 1460. The third-order valence-electron chi connectivity index (χ3n) is 8.41. The van der Waals surface area contributed by atoms with Crippen molar-refractivity contribution in [2.45, 2.75) is 84.3 Å². The molecule has 1 fully saturated rings. The molecule has 0 unspecified atom stereocenters. The summed E-state index contributed by atoms with van der Waals surface area (Å²) < 4.78 is 23.1. The number of cyclic esters (lactones) is 2. The van der Waals surface area contributed by atoms with Crippen LogP contribution in [0, 0.1) is 17.3 Å². The Morgan fingerprint density at radius 2 is 1.74 bits per heavy atom. The highest BCUT2D eigenvalue weighted by atomic mass is 35.5. The average Bonchev–Trinajstić information content (AvgIpc) is 3.83. The van der Waals surface area contributed by atoms with Crippen molar-refractivity contribution in [2.75, 3.05) is 13.7 Å². The molecule has 0 radical (unpaired) electrons. The third kappa shape index (κ3) is 9.81. The Balaban J connectivity index is 1.61. The van der Waals surface area contributed by atoms with Crippen molar-refractivity contribution in [1.29, 1.82) is 0 Å². The topological polar surface area (TPSA) is 133 Å². The molecule has 0 spiro atoms. The Hall–Kier alpha value is -3.89. The van der Waals surface area contributed by atoms with E-state index in [0.29, 0.717) is 16.3 Å². The van der Waals surface area contributed by atoms with Crippen molar-refractivity contribution < 1.29 is 38.1 Å². The molecule has 2 aliphatic heterocycles. The van der Waals surface area contributed by atoms with Gasteiger partial charge in [-0.3, -0.25) is 14.4 Å². The predicted octanol–water partition coefficient (Wildman–Crippen LogP) is 5.12. The van der Waals surface area contributed by atoms with E-state index in [1.807, 2.05) is 51.1 Å². The number of carbonyl (C=O) groups excluding carboxylic acids is 4. The highest BCUT2D eigenvalue weighted by Gasteiger charge is 2.48. The van der Waals surface area contributed by atoms with Crippen LogP contribution in [0.15, 0.2) is 60.7 Å². The maximum atomic E-state index is 13.6. The lowest BCUT2D eigenvalue weighted by Crippen LogP contribution is -2.51. The first kappa shape index (κ1) is 36.0. The second kappa shape index (κ2) is 15.8. The molecule has 0 bridgehead atoms. The van der Waals surface area contributed by atoms with E-state index in [1.165, 1.54) is 13.2 Å². The van der Waals surface area contributed by atoms with Crippen molar-refractivity contribution in [2.24, 2.45) is 17.3 Å². The number of halogens is 1. The lowest BCUT2D eigenvalue weighted by molar-refractivity contribution is -0.179. The summed E-state index contributed by atoms with van der Waals surface area (Å²) in [6.45, 7) is 8.92. The van der Waals surface area contributed by atoms with Crippen molar-refractivity contribution in [3.63, 3.8) is 0 Å². The molecule has 2 heterocycles. The predicted molar refractivity (Wildman–Crippen MR) is 177 cm³/mol. The number of rotatable bonds is 8. The van der Waals surface area contributed by atoms with Gasteiger partial charge in [0, 0.05) is 25.3 Å². The molecule has 6 atom stereocenters. The van der Waals surface area contributed by atoms with Crippen LogP contribution in [-0.4, -0.2) is 61.8 Å². The van der Waals surface area contributed by atoms with Crippen LogP contribution in [0.1, 0.15) is 64.7 Å². The normalized spacial score (nSPS) is 26.8. The number of ether oxygens (including phenoxy) is 4. The van der Waals surface area contributed by atoms with Crippen LogP contribution in [0.25, 0.3) is 0 Å². The van der Waals surface area contributed by atoms with E-state index in [4.69, 9.17) is 30.5 Å². The van der Waals surface area contributed by atoms with Crippen LogP contribution >= 0.6 is 11.6 Å². The van der Waals surface area contributed by atoms with E-state index < -0.39 is 47.4 Å². The highest BCUT2D eigenvalue weighted by Crippen LogP contribution is 2.45. The number of amides is 2. The van der Waals surface area contributed by atoms with E-state index in [-0.39, 0.29) is 49.9 Å². The molecule has 1 saturated heterocycles. The standard InChI is InChI=1S/C36H45ClN2O8/c1-21(2)17-29-34(42)45-27(22(3)31-32(47-31)24-11-8-7-9-12-24)13-10-14-30(40)39-26(19-23-15-16-28(44-6)25(37)18-23)33(41)38-20-36(4,5)35(43)46-29/h7-12,14-16,18,21-22,26-27,29,31-32H,13,17,19-20H2,1-6H3,(H,38,41)(H,39,40)/b14-10+/t22-,26-,27-,29-,31+,32-/m0/s1. The number of epoxide rings is 1. The third-order valence-corrected chi connectivity index (χ3v) is 8.70. The smallest absolute Gasteiger partial charge is 0.347 e. The zero-order valence-corrected chi connectivity index (χ0v) is 28.5. The van der Waals surface area contributed by atoms with E-state index in [9.17, 15) is 19.2 Å². The maximum absolute atomic E-state index is 13.6. The number of hydrogen-bond acceptors (Lipinski definition) is 8. The van der Waals surface area contributed by atoms with Gasteiger partial charge in [0.25, 0.3) is 0 Å². The molecule has 0 aromatic heterocycles. The van der Waals surface area contributed by atoms with Gasteiger partial charge in [-0.2, -0.15) is 0 Å². The van der Waals surface area contributed by atoms with Gasteiger partial charge in [0.05, 0.1) is 23.7 Å². The van der Waals surface area contributed by atoms with Gasteiger partial charge in [0.1, 0.15) is 24.0 Å². The van der Waals surface area contributed by atoms with Crippen LogP contribution in [-0.2, 0) is 39.8 Å². The number of esters is 2. The Labute approximate surface area is 281 Å². The van der Waals surface area contributed by atoms with Gasteiger partial charge in [-0.1, -0.05) is 74.8 Å². The summed E-state index contributed by atoms with van der Waals surface area (Å²) in [7, 11) is 1.51. The summed E-state index contributed by atoms with van der Waals surface area (Å²) in [6.07, 6.45) is 1.34. The summed E-state index contributed by atoms with van der Waals surface area (Å²) in [5, 5.41) is 5.91. The summed E-state index contributed by atoms with van der Waals surface area (Å²) in [5.74, 6) is -2.06. The average molecular weight is 669 g/mol. The van der Waals surface area contributed by atoms with Crippen molar-refractivity contribution >= 4 is 35.4 Å². The molecule has 10 nitrogen and oxygen atoms in total. The minimum atomic E-state index is -1.20. The number of hydrogen-bond donors (Lipinski definition) is 2. The van der Waals surface area contributed by atoms with E-state index >= 15 is 0 Å². The second-order valence-corrected chi connectivity index (χ2v) is 13.7. The minimum Gasteiger partial charge on any atom is -0.495 e. The molecule has 254 valence electrons. The maximum Gasteiger partial charge on any atom is 0.347 e.